The molecule has 2 N–H and O–H groups in total. The van der Waals surface area contributed by atoms with Gasteiger partial charge in [-0.15, -0.1) is 0 Å². The molecule has 0 aromatic carbocycles. The maximum atomic E-state index is 12.0. The molecule has 0 unspecified atom stereocenters. The van der Waals surface area contributed by atoms with Gasteiger partial charge < -0.3 is 10.4 Å². The molecule has 0 bridgehead atoms. The standard InChI is InChI=1S/C11H18F3NO3/c1-3-5-10(6-4-2,9(17)18)7-15-8(16)11(12,13)14/h3-7H2,1-2H3,(H,15,16)(H,17,18). The van der Waals surface area contributed by atoms with E-state index in [0.717, 1.165) is 0 Å². The average Bonchev–Trinajstić information content (AvgIpc) is 2.24. The Morgan fingerprint density at radius 1 is 1.11 bits per heavy atom. The minimum atomic E-state index is -4.98. The third-order valence-electron chi connectivity index (χ3n) is 2.76. The van der Waals surface area contributed by atoms with E-state index in [1.54, 1.807) is 19.2 Å². The lowest BCUT2D eigenvalue weighted by Gasteiger charge is -2.29. The van der Waals surface area contributed by atoms with E-state index in [4.69, 9.17) is 5.11 Å². The van der Waals surface area contributed by atoms with Crippen molar-refractivity contribution in [3.05, 3.63) is 0 Å². The molecule has 0 aliphatic rings. The third-order valence-corrected chi connectivity index (χ3v) is 2.76. The van der Waals surface area contributed by atoms with Crippen molar-refractivity contribution in [3.8, 4) is 0 Å². The number of aliphatic carboxylic acids is 1. The highest BCUT2D eigenvalue weighted by atomic mass is 19.4. The van der Waals surface area contributed by atoms with Crippen molar-refractivity contribution in [1.29, 1.82) is 0 Å². The Morgan fingerprint density at radius 3 is 1.83 bits per heavy atom. The summed E-state index contributed by atoms with van der Waals surface area (Å²) in [6.45, 7) is 3.00. The highest BCUT2D eigenvalue weighted by molar-refractivity contribution is 5.83. The quantitative estimate of drug-likeness (QED) is 0.745. The van der Waals surface area contributed by atoms with E-state index in [1.165, 1.54) is 0 Å². The number of hydrogen-bond donors (Lipinski definition) is 2. The molecule has 0 aliphatic carbocycles. The Labute approximate surface area is 104 Å². The molecule has 0 radical (unpaired) electrons. The van der Waals surface area contributed by atoms with Gasteiger partial charge in [0.1, 0.15) is 0 Å². The van der Waals surface area contributed by atoms with E-state index >= 15 is 0 Å². The van der Waals surface area contributed by atoms with Gasteiger partial charge in [-0.05, 0) is 12.8 Å². The Hall–Kier alpha value is -1.27. The molecule has 0 saturated carbocycles. The molecule has 0 aromatic heterocycles. The summed E-state index contributed by atoms with van der Waals surface area (Å²) in [6, 6.07) is 0. The van der Waals surface area contributed by atoms with E-state index in [-0.39, 0.29) is 12.8 Å². The van der Waals surface area contributed by atoms with Gasteiger partial charge in [-0.25, -0.2) is 0 Å². The molecule has 106 valence electrons. The predicted octanol–water partition coefficient (Wildman–Crippen LogP) is 2.34. The fourth-order valence-corrected chi connectivity index (χ4v) is 1.90. The van der Waals surface area contributed by atoms with Crippen LogP contribution in [0, 0.1) is 5.41 Å². The molecule has 4 nitrogen and oxygen atoms in total. The number of rotatable bonds is 7. The first-order valence-electron chi connectivity index (χ1n) is 5.78. The number of halogens is 3. The zero-order chi connectivity index (χ0) is 14.4. The number of carboxylic acid groups (broad SMARTS) is 1. The molecule has 1 amide bonds. The van der Waals surface area contributed by atoms with Gasteiger partial charge in [-0.1, -0.05) is 26.7 Å². The molecule has 0 aliphatic heterocycles. The van der Waals surface area contributed by atoms with Crippen LogP contribution in [-0.2, 0) is 9.59 Å². The lowest BCUT2D eigenvalue weighted by Crippen LogP contribution is -2.46. The van der Waals surface area contributed by atoms with Gasteiger partial charge in [0.15, 0.2) is 0 Å². The van der Waals surface area contributed by atoms with Crippen LogP contribution in [0.2, 0.25) is 0 Å². The first-order valence-corrected chi connectivity index (χ1v) is 5.78. The monoisotopic (exact) mass is 269 g/mol. The highest BCUT2D eigenvalue weighted by Gasteiger charge is 2.42. The summed E-state index contributed by atoms with van der Waals surface area (Å²) in [5, 5.41) is 10.8. The van der Waals surface area contributed by atoms with Crippen LogP contribution < -0.4 is 5.32 Å². The van der Waals surface area contributed by atoms with E-state index < -0.39 is 30.0 Å². The fraction of sp³-hybridized carbons (Fsp3) is 0.818. The summed E-state index contributed by atoms with van der Waals surface area (Å²) < 4.78 is 36.1. The summed E-state index contributed by atoms with van der Waals surface area (Å²) in [7, 11) is 0. The number of carbonyl (C=O) groups is 2. The predicted molar refractivity (Wildman–Crippen MR) is 58.9 cm³/mol. The maximum absolute atomic E-state index is 12.0. The van der Waals surface area contributed by atoms with Crippen LogP contribution in [0.4, 0.5) is 13.2 Å². The number of carboxylic acids is 1. The van der Waals surface area contributed by atoms with Gasteiger partial charge in [-0.3, -0.25) is 9.59 Å². The van der Waals surface area contributed by atoms with E-state index in [2.05, 4.69) is 0 Å². The first-order chi connectivity index (χ1) is 8.19. The molecule has 0 spiro atoms. The summed E-state index contributed by atoms with van der Waals surface area (Å²) in [6.07, 6.45) is -3.48. The van der Waals surface area contributed by atoms with Crippen LogP contribution in [0.3, 0.4) is 0 Å². The van der Waals surface area contributed by atoms with Crippen molar-refractivity contribution < 1.29 is 27.9 Å². The van der Waals surface area contributed by atoms with Crippen LogP contribution in [0.5, 0.6) is 0 Å². The second kappa shape index (κ2) is 6.61. The van der Waals surface area contributed by atoms with Crippen LogP contribution in [0.15, 0.2) is 0 Å². The van der Waals surface area contributed by atoms with Crippen LogP contribution in [0.1, 0.15) is 39.5 Å². The van der Waals surface area contributed by atoms with Gasteiger partial charge in [0, 0.05) is 6.54 Å². The molecule has 7 heteroatoms. The van der Waals surface area contributed by atoms with Crippen LogP contribution in [-0.4, -0.2) is 29.7 Å². The van der Waals surface area contributed by atoms with E-state index in [9.17, 15) is 22.8 Å². The minimum Gasteiger partial charge on any atom is -0.481 e. The summed E-state index contributed by atoms with van der Waals surface area (Å²) in [4.78, 5) is 21.9. The lowest BCUT2D eigenvalue weighted by atomic mass is 9.79. The average molecular weight is 269 g/mol. The van der Waals surface area contributed by atoms with Crippen molar-refractivity contribution >= 4 is 11.9 Å². The van der Waals surface area contributed by atoms with E-state index in [1.807, 2.05) is 0 Å². The SMILES string of the molecule is CCCC(CCC)(CNC(=O)C(F)(F)F)C(=O)O. The van der Waals surface area contributed by atoms with Gasteiger partial charge >= 0.3 is 18.1 Å². The number of hydrogen-bond acceptors (Lipinski definition) is 2. The molecule has 0 fully saturated rings. The zero-order valence-electron chi connectivity index (χ0n) is 10.4. The van der Waals surface area contributed by atoms with E-state index in [0.29, 0.717) is 12.8 Å². The van der Waals surface area contributed by atoms with Crippen molar-refractivity contribution in [2.75, 3.05) is 6.54 Å². The second-order valence-electron chi connectivity index (χ2n) is 4.27. The molecular formula is C11H18F3NO3. The Balaban J connectivity index is 4.79. The Morgan fingerprint density at radius 2 is 1.56 bits per heavy atom. The number of alkyl halides is 3. The third kappa shape index (κ3) is 4.54. The molecule has 0 aromatic rings. The van der Waals surface area contributed by atoms with Gasteiger partial charge in [-0.2, -0.15) is 13.2 Å². The van der Waals surface area contributed by atoms with Crippen molar-refractivity contribution in [2.24, 2.45) is 5.41 Å². The van der Waals surface area contributed by atoms with Gasteiger partial charge in [0.2, 0.25) is 0 Å². The minimum absolute atomic E-state index is 0.230. The molecule has 0 atom stereocenters. The topological polar surface area (TPSA) is 66.4 Å². The number of amides is 1. The number of carbonyl (C=O) groups excluding carboxylic acids is 1. The summed E-state index contributed by atoms with van der Waals surface area (Å²) in [5.74, 6) is -3.27. The Kier molecular flexibility index (Phi) is 6.14. The second-order valence-corrected chi connectivity index (χ2v) is 4.27. The smallest absolute Gasteiger partial charge is 0.471 e. The number of nitrogens with one attached hydrogen (secondary N) is 1. The summed E-state index contributed by atoms with van der Waals surface area (Å²) in [5.41, 5.74) is -1.32. The maximum Gasteiger partial charge on any atom is 0.471 e. The zero-order valence-corrected chi connectivity index (χ0v) is 10.4. The lowest BCUT2D eigenvalue weighted by molar-refractivity contribution is -0.174. The first kappa shape index (κ1) is 16.7. The molecular weight excluding hydrogens is 251 g/mol. The highest BCUT2D eigenvalue weighted by Crippen LogP contribution is 2.30. The summed E-state index contributed by atoms with van der Waals surface area (Å²) >= 11 is 0. The molecule has 0 heterocycles. The van der Waals surface area contributed by atoms with Crippen LogP contribution in [0.25, 0.3) is 0 Å². The largest absolute Gasteiger partial charge is 0.481 e. The van der Waals surface area contributed by atoms with Crippen LogP contribution >= 0.6 is 0 Å². The molecule has 18 heavy (non-hydrogen) atoms. The van der Waals surface area contributed by atoms with Crippen molar-refractivity contribution in [2.45, 2.75) is 45.7 Å². The molecule has 0 saturated heterocycles. The van der Waals surface area contributed by atoms with Gasteiger partial charge in [0.05, 0.1) is 5.41 Å². The fourth-order valence-electron chi connectivity index (χ4n) is 1.90. The van der Waals surface area contributed by atoms with Crippen molar-refractivity contribution in [3.63, 3.8) is 0 Å². The van der Waals surface area contributed by atoms with Gasteiger partial charge in [0.25, 0.3) is 0 Å². The Bertz CT molecular complexity index is 296. The van der Waals surface area contributed by atoms with Crippen molar-refractivity contribution in [1.82, 2.24) is 5.32 Å². The molecule has 0 rings (SSSR count). The normalized spacial score (nSPS) is 12.3.